The smallest absolute Gasteiger partial charge is 0.318 e. The van der Waals surface area contributed by atoms with Crippen molar-refractivity contribution in [1.29, 1.82) is 0 Å². The summed E-state index contributed by atoms with van der Waals surface area (Å²) in [6.45, 7) is 8.18. The van der Waals surface area contributed by atoms with Crippen molar-refractivity contribution in [3.8, 4) is 0 Å². The minimum Gasteiger partial charge on any atom is -0.351 e. The lowest BCUT2D eigenvalue weighted by molar-refractivity contribution is -0.120. The van der Waals surface area contributed by atoms with Crippen molar-refractivity contribution in [3.63, 3.8) is 0 Å². The lowest BCUT2D eigenvalue weighted by Crippen LogP contribution is -2.42. The highest BCUT2D eigenvalue weighted by atomic mass is 32.2. The summed E-state index contributed by atoms with van der Waals surface area (Å²) in [5.74, 6) is 1.01. The average molecular weight is 323 g/mol. The van der Waals surface area contributed by atoms with Gasteiger partial charge < -0.3 is 10.3 Å². The Bertz CT molecular complexity index is 580. The summed E-state index contributed by atoms with van der Waals surface area (Å²) < 4.78 is 1.99. The number of amides is 3. The van der Waals surface area contributed by atoms with Gasteiger partial charge in [0.05, 0.1) is 5.25 Å². The molecule has 1 aromatic rings. The van der Waals surface area contributed by atoms with Crippen molar-refractivity contribution in [2.45, 2.75) is 49.6 Å². The zero-order valence-electron chi connectivity index (χ0n) is 12.8. The topological polar surface area (TPSA) is 103 Å². The van der Waals surface area contributed by atoms with Gasteiger partial charge in [-0.3, -0.25) is 10.1 Å². The molecule has 0 unspecified atom stereocenters. The molecule has 0 saturated heterocycles. The minimum absolute atomic E-state index is 0.0163. The van der Waals surface area contributed by atoms with Gasteiger partial charge in [0.1, 0.15) is 5.82 Å². The van der Waals surface area contributed by atoms with Crippen LogP contribution in [0.25, 0.3) is 0 Å². The van der Waals surface area contributed by atoms with Crippen molar-refractivity contribution in [1.82, 2.24) is 20.1 Å². The van der Waals surface area contributed by atoms with E-state index >= 15 is 0 Å². The zero-order valence-corrected chi connectivity index (χ0v) is 13.6. The van der Waals surface area contributed by atoms with Crippen LogP contribution in [-0.4, -0.2) is 32.0 Å². The molecule has 1 fully saturated rings. The van der Waals surface area contributed by atoms with Crippen molar-refractivity contribution in [2.24, 2.45) is 11.7 Å². The summed E-state index contributed by atoms with van der Waals surface area (Å²) in [6, 6.07) is -0.845. The molecule has 0 spiro atoms. The molecule has 1 heterocycles. The number of urea groups is 1. The van der Waals surface area contributed by atoms with Crippen LogP contribution in [-0.2, 0) is 11.3 Å². The van der Waals surface area contributed by atoms with Crippen LogP contribution in [0.3, 0.4) is 0 Å². The molecule has 0 aromatic carbocycles. The maximum absolute atomic E-state index is 12.1. The number of nitrogens with two attached hydrogens (primary N) is 1. The van der Waals surface area contributed by atoms with E-state index in [1.54, 1.807) is 6.08 Å². The highest BCUT2D eigenvalue weighted by molar-refractivity contribution is 8.00. The number of nitrogens with one attached hydrogen (secondary N) is 1. The number of hydrogen-bond acceptors (Lipinski definition) is 5. The fourth-order valence-electron chi connectivity index (χ4n) is 2.13. The van der Waals surface area contributed by atoms with Crippen LogP contribution in [0.15, 0.2) is 17.8 Å². The van der Waals surface area contributed by atoms with Gasteiger partial charge in [0.2, 0.25) is 5.91 Å². The molecular weight excluding hydrogens is 302 g/mol. The molecule has 120 valence electrons. The van der Waals surface area contributed by atoms with Crippen molar-refractivity contribution >= 4 is 23.7 Å². The van der Waals surface area contributed by atoms with Gasteiger partial charge in [-0.05, 0) is 18.8 Å². The Kier molecular flexibility index (Phi) is 5.23. The molecule has 1 saturated carbocycles. The number of imide groups is 1. The van der Waals surface area contributed by atoms with Gasteiger partial charge in [-0.1, -0.05) is 31.7 Å². The number of carbonyl (C=O) groups excluding carboxylic acids is 2. The molecule has 2 rings (SSSR count). The van der Waals surface area contributed by atoms with E-state index in [-0.39, 0.29) is 5.92 Å². The second kappa shape index (κ2) is 6.95. The number of allylic oxidation sites excluding steroid dienone is 1. The Balaban J connectivity index is 2.20. The van der Waals surface area contributed by atoms with Gasteiger partial charge in [-0.25, -0.2) is 4.79 Å². The van der Waals surface area contributed by atoms with E-state index in [0.717, 1.165) is 18.7 Å². The Hall–Kier alpha value is -1.83. The van der Waals surface area contributed by atoms with E-state index in [1.807, 2.05) is 18.4 Å². The first kappa shape index (κ1) is 16.5. The summed E-state index contributed by atoms with van der Waals surface area (Å²) >= 11 is 1.30. The third-order valence-electron chi connectivity index (χ3n) is 3.34. The second-order valence-electron chi connectivity index (χ2n) is 5.65. The first-order valence-corrected chi connectivity index (χ1v) is 8.13. The van der Waals surface area contributed by atoms with Crippen molar-refractivity contribution < 1.29 is 9.59 Å². The fraction of sp³-hybridized carbons (Fsp3) is 0.571. The molecule has 8 heteroatoms. The summed E-state index contributed by atoms with van der Waals surface area (Å²) in [5.41, 5.74) is 5.03. The molecule has 0 aliphatic heterocycles. The lowest BCUT2D eigenvalue weighted by Gasteiger charge is -2.18. The van der Waals surface area contributed by atoms with E-state index in [4.69, 9.17) is 5.73 Å². The van der Waals surface area contributed by atoms with E-state index in [9.17, 15) is 9.59 Å². The quantitative estimate of drug-likeness (QED) is 0.586. The maximum atomic E-state index is 12.1. The third kappa shape index (κ3) is 3.88. The Labute approximate surface area is 133 Å². The fourth-order valence-corrected chi connectivity index (χ4v) is 3.18. The molecule has 1 atom stereocenters. The molecule has 22 heavy (non-hydrogen) atoms. The second-order valence-corrected chi connectivity index (χ2v) is 6.76. The maximum Gasteiger partial charge on any atom is 0.318 e. The van der Waals surface area contributed by atoms with Gasteiger partial charge in [-0.2, -0.15) is 0 Å². The third-order valence-corrected chi connectivity index (χ3v) is 4.87. The zero-order chi connectivity index (χ0) is 16.3. The van der Waals surface area contributed by atoms with Gasteiger partial charge in [-0.15, -0.1) is 16.8 Å². The van der Waals surface area contributed by atoms with Crippen LogP contribution in [0, 0.1) is 5.92 Å². The predicted molar refractivity (Wildman–Crippen MR) is 84.4 cm³/mol. The molecule has 3 N–H and O–H groups in total. The van der Waals surface area contributed by atoms with E-state index < -0.39 is 17.2 Å². The largest absolute Gasteiger partial charge is 0.351 e. The predicted octanol–water partition coefficient (Wildman–Crippen LogP) is 1.65. The Morgan fingerprint density at radius 3 is 2.68 bits per heavy atom. The minimum atomic E-state index is -0.845. The first-order valence-electron chi connectivity index (χ1n) is 7.25. The van der Waals surface area contributed by atoms with E-state index in [0.29, 0.717) is 17.6 Å². The van der Waals surface area contributed by atoms with Crippen LogP contribution < -0.4 is 11.1 Å². The van der Waals surface area contributed by atoms with Crippen molar-refractivity contribution in [2.75, 3.05) is 0 Å². The average Bonchev–Trinajstić information content (AvgIpc) is 3.19. The van der Waals surface area contributed by atoms with Gasteiger partial charge >= 0.3 is 6.03 Å². The standard InChI is InChI=1S/C14H21N5O2S/c1-4-7-19-11(9-5-6-9)17-18-14(19)22-10(8(2)3)12(20)16-13(15)21/h4,8-10H,1,5-7H2,2-3H3,(H3,15,16,20,21)/t10-/m0/s1. The molecule has 1 aliphatic carbocycles. The number of hydrogen-bond donors (Lipinski definition) is 2. The van der Waals surface area contributed by atoms with Gasteiger partial charge in [0, 0.05) is 12.5 Å². The van der Waals surface area contributed by atoms with Crippen LogP contribution in [0.1, 0.15) is 38.4 Å². The molecule has 1 aliphatic rings. The van der Waals surface area contributed by atoms with Crippen LogP contribution >= 0.6 is 11.8 Å². The molecule has 0 bridgehead atoms. The summed E-state index contributed by atoms with van der Waals surface area (Å²) in [7, 11) is 0. The first-order chi connectivity index (χ1) is 10.4. The SMILES string of the molecule is C=CCn1c(S[C@H](C(=O)NC(N)=O)C(C)C)nnc1C1CC1. The Morgan fingerprint density at radius 1 is 1.50 bits per heavy atom. The monoisotopic (exact) mass is 323 g/mol. The number of thioether (sulfide) groups is 1. The number of primary amides is 1. The van der Waals surface area contributed by atoms with Crippen LogP contribution in [0.4, 0.5) is 4.79 Å². The highest BCUT2D eigenvalue weighted by Crippen LogP contribution is 2.40. The van der Waals surface area contributed by atoms with E-state index in [1.165, 1.54) is 11.8 Å². The normalized spacial score (nSPS) is 15.6. The Morgan fingerprint density at radius 2 is 2.18 bits per heavy atom. The molecule has 3 amide bonds. The van der Waals surface area contributed by atoms with Gasteiger partial charge in [0.25, 0.3) is 0 Å². The van der Waals surface area contributed by atoms with Crippen LogP contribution in [0.5, 0.6) is 0 Å². The number of rotatable bonds is 7. The molecular formula is C14H21N5O2S. The lowest BCUT2D eigenvalue weighted by atomic mass is 10.1. The van der Waals surface area contributed by atoms with Gasteiger partial charge in [0.15, 0.2) is 5.16 Å². The van der Waals surface area contributed by atoms with Crippen molar-refractivity contribution in [3.05, 3.63) is 18.5 Å². The highest BCUT2D eigenvalue weighted by Gasteiger charge is 2.32. The summed E-state index contributed by atoms with van der Waals surface area (Å²) in [5, 5.41) is 10.8. The molecule has 1 aromatic heterocycles. The molecule has 7 nitrogen and oxygen atoms in total. The summed E-state index contributed by atoms with van der Waals surface area (Å²) in [4.78, 5) is 23.0. The number of carbonyl (C=O) groups is 2. The van der Waals surface area contributed by atoms with E-state index in [2.05, 4.69) is 22.1 Å². The molecule has 0 radical (unpaired) electrons. The van der Waals surface area contributed by atoms with Crippen LogP contribution in [0.2, 0.25) is 0 Å². The summed E-state index contributed by atoms with van der Waals surface area (Å²) in [6.07, 6.45) is 4.03. The number of nitrogens with zero attached hydrogens (tertiary/aromatic N) is 3. The number of aromatic nitrogens is 3.